The van der Waals surface area contributed by atoms with Gasteiger partial charge in [0.25, 0.3) is 0 Å². The molecular formula is C14H32Na2O. The molecule has 0 fully saturated rings. The summed E-state index contributed by atoms with van der Waals surface area (Å²) in [6.07, 6.45) is 16.2. The number of hydrogen-bond donors (Lipinski definition) is 1. The summed E-state index contributed by atoms with van der Waals surface area (Å²) < 4.78 is 0. The number of rotatable bonds is 12. The molecule has 0 aliphatic carbocycles. The molecule has 0 amide bonds. The minimum atomic E-state index is 0. The fourth-order valence-corrected chi connectivity index (χ4v) is 1.95. The average Bonchev–Trinajstić information content (AvgIpc) is 2.26. The normalized spacial score (nSPS) is 9.53. The predicted molar refractivity (Wildman–Crippen MR) is 82.5 cm³/mol. The molecule has 1 nitrogen and oxygen atoms in total. The number of unbranched alkanes of at least 4 members (excludes halogenated alkanes) is 11. The van der Waals surface area contributed by atoms with E-state index >= 15 is 0 Å². The summed E-state index contributed by atoms with van der Waals surface area (Å²) in [7, 11) is 0. The Bertz CT molecular complexity index is 98.4. The maximum absolute atomic E-state index is 8.61. The van der Waals surface area contributed by atoms with Crippen LogP contribution in [-0.4, -0.2) is 70.8 Å². The van der Waals surface area contributed by atoms with Crippen molar-refractivity contribution in [3.8, 4) is 0 Å². The van der Waals surface area contributed by atoms with Gasteiger partial charge in [-0.3, -0.25) is 0 Å². The second kappa shape index (κ2) is 23.1. The molecule has 0 aromatic rings. The van der Waals surface area contributed by atoms with Gasteiger partial charge in [-0.05, 0) is 6.42 Å². The van der Waals surface area contributed by atoms with Crippen molar-refractivity contribution in [1.82, 2.24) is 0 Å². The Kier molecular flexibility index (Phi) is 32.6. The zero-order chi connectivity index (χ0) is 11.2. The van der Waals surface area contributed by atoms with E-state index in [-0.39, 0.29) is 59.1 Å². The Balaban J connectivity index is -0.000000980. The third-order valence-electron chi connectivity index (χ3n) is 3.01. The van der Waals surface area contributed by atoms with Crippen LogP contribution < -0.4 is 0 Å². The molecule has 0 radical (unpaired) electrons. The first-order valence-corrected chi connectivity index (χ1v) is 7.02. The molecule has 0 aromatic heterocycles. The maximum atomic E-state index is 8.61. The summed E-state index contributed by atoms with van der Waals surface area (Å²) >= 11 is 0. The SMILES string of the molecule is CCCCCCCCCCCCCCO.[NaH].[NaH]. The van der Waals surface area contributed by atoms with Gasteiger partial charge >= 0.3 is 59.1 Å². The molecule has 0 atom stereocenters. The van der Waals surface area contributed by atoms with Crippen molar-refractivity contribution in [3.63, 3.8) is 0 Å². The van der Waals surface area contributed by atoms with E-state index in [0.717, 1.165) is 6.42 Å². The van der Waals surface area contributed by atoms with Gasteiger partial charge < -0.3 is 5.11 Å². The van der Waals surface area contributed by atoms with Crippen LogP contribution in [-0.2, 0) is 0 Å². The second-order valence-corrected chi connectivity index (χ2v) is 4.61. The van der Waals surface area contributed by atoms with E-state index in [1.165, 1.54) is 70.6 Å². The van der Waals surface area contributed by atoms with E-state index in [2.05, 4.69) is 6.92 Å². The Labute approximate surface area is 153 Å². The molecule has 0 aliphatic heterocycles. The predicted octanol–water partition coefficient (Wildman–Crippen LogP) is 3.38. The van der Waals surface area contributed by atoms with Gasteiger partial charge in [-0.2, -0.15) is 0 Å². The van der Waals surface area contributed by atoms with Crippen LogP contribution >= 0.6 is 0 Å². The summed E-state index contributed by atoms with van der Waals surface area (Å²) in [5, 5.41) is 8.61. The molecule has 96 valence electrons. The summed E-state index contributed by atoms with van der Waals surface area (Å²) in [5.41, 5.74) is 0. The summed E-state index contributed by atoms with van der Waals surface area (Å²) in [6, 6.07) is 0. The van der Waals surface area contributed by atoms with E-state index in [1.54, 1.807) is 0 Å². The third-order valence-corrected chi connectivity index (χ3v) is 3.01. The molecule has 0 saturated carbocycles. The van der Waals surface area contributed by atoms with Crippen molar-refractivity contribution in [2.75, 3.05) is 6.61 Å². The average molecular weight is 262 g/mol. The van der Waals surface area contributed by atoms with Crippen molar-refractivity contribution in [1.29, 1.82) is 0 Å². The Hall–Kier alpha value is 1.96. The number of hydrogen-bond acceptors (Lipinski definition) is 1. The second-order valence-electron chi connectivity index (χ2n) is 4.61. The molecule has 0 bridgehead atoms. The molecule has 0 aromatic carbocycles. The van der Waals surface area contributed by atoms with Crippen LogP contribution in [0.3, 0.4) is 0 Å². The first kappa shape index (κ1) is 24.0. The van der Waals surface area contributed by atoms with Gasteiger partial charge in [-0.15, -0.1) is 0 Å². The Morgan fingerprint density at radius 3 is 1.12 bits per heavy atom. The molecule has 0 aliphatic rings. The topological polar surface area (TPSA) is 20.2 Å². The van der Waals surface area contributed by atoms with Crippen LogP contribution in [0.15, 0.2) is 0 Å². The van der Waals surface area contributed by atoms with Gasteiger partial charge in [0.15, 0.2) is 0 Å². The zero-order valence-corrected chi connectivity index (χ0v) is 10.6. The van der Waals surface area contributed by atoms with Crippen LogP contribution in [0.4, 0.5) is 0 Å². The third kappa shape index (κ3) is 23.5. The number of aliphatic hydroxyl groups is 1. The zero-order valence-electron chi connectivity index (χ0n) is 10.6. The van der Waals surface area contributed by atoms with Gasteiger partial charge in [-0.25, -0.2) is 0 Å². The van der Waals surface area contributed by atoms with Crippen molar-refractivity contribution in [3.05, 3.63) is 0 Å². The van der Waals surface area contributed by atoms with Crippen LogP contribution in [0.1, 0.15) is 84.0 Å². The van der Waals surface area contributed by atoms with Gasteiger partial charge in [0.1, 0.15) is 0 Å². The first-order chi connectivity index (χ1) is 7.41. The van der Waals surface area contributed by atoms with Gasteiger partial charge in [-0.1, -0.05) is 77.6 Å². The summed E-state index contributed by atoms with van der Waals surface area (Å²) in [6.45, 7) is 2.64. The van der Waals surface area contributed by atoms with Gasteiger partial charge in [0.2, 0.25) is 0 Å². The van der Waals surface area contributed by atoms with E-state index in [0.29, 0.717) is 6.61 Å². The van der Waals surface area contributed by atoms with E-state index in [1.807, 2.05) is 0 Å². The molecule has 0 heterocycles. The van der Waals surface area contributed by atoms with Crippen LogP contribution in [0.25, 0.3) is 0 Å². The van der Waals surface area contributed by atoms with Crippen molar-refractivity contribution in [2.45, 2.75) is 84.0 Å². The van der Waals surface area contributed by atoms with E-state index < -0.39 is 0 Å². The van der Waals surface area contributed by atoms with E-state index in [9.17, 15) is 0 Å². The monoisotopic (exact) mass is 262 g/mol. The quantitative estimate of drug-likeness (QED) is 0.422. The van der Waals surface area contributed by atoms with Crippen LogP contribution in [0.5, 0.6) is 0 Å². The Morgan fingerprint density at radius 2 is 0.824 bits per heavy atom. The summed E-state index contributed by atoms with van der Waals surface area (Å²) in [5.74, 6) is 0. The van der Waals surface area contributed by atoms with Crippen molar-refractivity contribution >= 4 is 59.1 Å². The van der Waals surface area contributed by atoms with Crippen molar-refractivity contribution < 1.29 is 5.11 Å². The Morgan fingerprint density at radius 1 is 0.529 bits per heavy atom. The first-order valence-electron chi connectivity index (χ1n) is 7.02. The molecule has 0 unspecified atom stereocenters. The molecule has 3 heteroatoms. The van der Waals surface area contributed by atoms with Gasteiger partial charge in [0, 0.05) is 6.61 Å². The van der Waals surface area contributed by atoms with E-state index in [4.69, 9.17) is 5.11 Å². The van der Waals surface area contributed by atoms with Crippen LogP contribution in [0.2, 0.25) is 0 Å². The molecule has 0 rings (SSSR count). The standard InChI is InChI=1S/C14H30O.2Na.2H/c1-2-3-4-5-6-7-8-9-10-11-12-13-14-15;;;;/h15H,2-14H2,1H3;;;;. The minimum absolute atomic E-state index is 0. The number of aliphatic hydroxyl groups excluding tert-OH is 1. The molecule has 0 saturated heterocycles. The molecule has 1 N–H and O–H groups in total. The summed E-state index contributed by atoms with van der Waals surface area (Å²) in [4.78, 5) is 0. The molecule has 0 spiro atoms. The molecule has 17 heavy (non-hydrogen) atoms. The fraction of sp³-hybridized carbons (Fsp3) is 1.00. The van der Waals surface area contributed by atoms with Gasteiger partial charge in [0.05, 0.1) is 0 Å². The molecular weight excluding hydrogens is 230 g/mol. The van der Waals surface area contributed by atoms with Crippen molar-refractivity contribution in [2.24, 2.45) is 0 Å². The fourth-order valence-electron chi connectivity index (χ4n) is 1.95. The van der Waals surface area contributed by atoms with Crippen LogP contribution in [0, 0.1) is 0 Å².